The average molecular weight is 608 g/mol. The van der Waals surface area contributed by atoms with Crippen molar-refractivity contribution in [1.82, 2.24) is 10.6 Å². The highest BCUT2D eigenvalue weighted by Gasteiger charge is 2.37. The van der Waals surface area contributed by atoms with E-state index in [1.807, 2.05) is 0 Å². The molecule has 0 aromatic carbocycles. The van der Waals surface area contributed by atoms with E-state index < -0.39 is 77.9 Å². The van der Waals surface area contributed by atoms with Gasteiger partial charge in [-0.2, -0.15) is 0 Å². The lowest BCUT2D eigenvalue weighted by Crippen LogP contribution is -2.52. The summed E-state index contributed by atoms with van der Waals surface area (Å²) in [6.07, 6.45) is -8.12. The lowest BCUT2D eigenvalue weighted by molar-refractivity contribution is -0.165. The molecule has 0 saturated carbocycles. The van der Waals surface area contributed by atoms with Gasteiger partial charge in [-0.25, -0.2) is 14.4 Å². The largest absolute Gasteiger partial charge is 0.479 e. The fourth-order valence-corrected chi connectivity index (χ4v) is 3.73. The number of hydrogen-bond donors (Lipinski definition) is 8. The van der Waals surface area contributed by atoms with E-state index >= 15 is 0 Å². The molecule has 9 N–H and O–H groups in total. The fraction of sp³-hybridized carbons (Fsp3) is 0.815. The number of aliphatic hydroxyl groups excluding tert-OH is 4. The van der Waals surface area contributed by atoms with Crippen molar-refractivity contribution in [1.29, 1.82) is 0 Å². The van der Waals surface area contributed by atoms with E-state index in [0.717, 1.165) is 0 Å². The van der Waals surface area contributed by atoms with Gasteiger partial charge >= 0.3 is 18.0 Å². The van der Waals surface area contributed by atoms with Crippen LogP contribution in [0, 0.1) is 0 Å². The van der Waals surface area contributed by atoms with Crippen molar-refractivity contribution in [2.24, 2.45) is 5.73 Å². The molecular weight excluding hydrogens is 558 g/mol. The molecule has 0 aromatic heterocycles. The maximum Gasteiger partial charge on any atom is 0.408 e. The Bertz CT molecular complexity index is 877. The number of rotatable bonds is 20. The molecule has 0 fully saturated rings. The van der Waals surface area contributed by atoms with Crippen molar-refractivity contribution in [3.63, 3.8) is 0 Å². The third-order valence-corrected chi connectivity index (χ3v) is 5.90. The SMILES string of the molecule is CC(C)OC(=O)C(CCCCN)NC(=O)C(CCCCCC(=O)C(O)C(O)C(O)C(O)C(=O)O)NC(=O)OC(C)(C)C. The predicted molar refractivity (Wildman–Crippen MR) is 149 cm³/mol. The fourth-order valence-electron chi connectivity index (χ4n) is 3.73. The van der Waals surface area contributed by atoms with Crippen molar-refractivity contribution in [2.75, 3.05) is 6.54 Å². The Morgan fingerprint density at radius 3 is 1.86 bits per heavy atom. The second kappa shape index (κ2) is 19.4. The highest BCUT2D eigenvalue weighted by Crippen LogP contribution is 2.14. The summed E-state index contributed by atoms with van der Waals surface area (Å²) in [5.41, 5.74) is 4.70. The van der Waals surface area contributed by atoms with Crippen LogP contribution in [0.5, 0.6) is 0 Å². The Kier molecular flexibility index (Phi) is 18.0. The molecule has 6 unspecified atom stereocenters. The molecule has 0 spiro atoms. The molecule has 2 amide bonds. The van der Waals surface area contributed by atoms with Crippen LogP contribution >= 0.6 is 0 Å². The normalized spacial score (nSPS) is 16.0. The Balaban J connectivity index is 5.26. The molecule has 244 valence electrons. The molecule has 6 atom stereocenters. The summed E-state index contributed by atoms with van der Waals surface area (Å²) in [5.74, 6) is -3.98. The van der Waals surface area contributed by atoms with E-state index in [0.29, 0.717) is 32.2 Å². The second-order valence-electron chi connectivity index (χ2n) is 11.3. The van der Waals surface area contributed by atoms with E-state index in [1.165, 1.54) is 0 Å². The standard InChI is InChI=1S/C27H49N3O12/c1-15(2)41-25(39)17(12-9-10-14-28)29-23(36)16(30-26(40)42-27(3,4)5)11-7-6-8-13-18(31)19(32)20(33)21(34)22(35)24(37)38/h15-17,19-22,32-35H,6-14,28H2,1-5H3,(H,29,36)(H,30,40)(H,37,38). The number of carboxylic acids is 1. The zero-order chi connectivity index (χ0) is 32.6. The molecule has 0 heterocycles. The van der Waals surface area contributed by atoms with Crippen LogP contribution in [0.4, 0.5) is 4.79 Å². The third kappa shape index (κ3) is 16.0. The molecule has 42 heavy (non-hydrogen) atoms. The molecule has 0 rings (SSSR count). The van der Waals surface area contributed by atoms with Crippen molar-refractivity contribution >= 4 is 29.7 Å². The van der Waals surface area contributed by atoms with Gasteiger partial charge in [-0.3, -0.25) is 9.59 Å². The summed E-state index contributed by atoms with van der Waals surface area (Å²) in [5, 5.41) is 52.5. The van der Waals surface area contributed by atoms with Crippen LogP contribution in [0.1, 0.15) is 86.0 Å². The van der Waals surface area contributed by atoms with Gasteiger partial charge in [-0.15, -0.1) is 0 Å². The van der Waals surface area contributed by atoms with Crippen molar-refractivity contribution < 1.29 is 59.0 Å². The zero-order valence-electron chi connectivity index (χ0n) is 25.1. The molecular formula is C27H49N3O12. The van der Waals surface area contributed by atoms with Crippen LogP contribution in [0.3, 0.4) is 0 Å². The Hall–Kier alpha value is -2.85. The number of nitrogens with one attached hydrogen (secondary N) is 2. The summed E-state index contributed by atoms with van der Waals surface area (Å²) >= 11 is 0. The van der Waals surface area contributed by atoms with E-state index in [-0.39, 0.29) is 25.7 Å². The lowest BCUT2D eigenvalue weighted by atomic mass is 9.97. The summed E-state index contributed by atoms with van der Waals surface area (Å²) in [6, 6.07) is -2.06. The monoisotopic (exact) mass is 607 g/mol. The lowest BCUT2D eigenvalue weighted by Gasteiger charge is -2.25. The Morgan fingerprint density at radius 1 is 0.786 bits per heavy atom. The number of aliphatic hydroxyl groups is 4. The predicted octanol–water partition coefficient (Wildman–Crippen LogP) is -0.507. The number of alkyl carbamates (subject to hydrolysis) is 1. The maximum atomic E-state index is 13.2. The van der Waals surface area contributed by atoms with Gasteiger partial charge in [0.2, 0.25) is 5.91 Å². The summed E-state index contributed by atoms with van der Waals surface area (Å²) in [7, 11) is 0. The van der Waals surface area contributed by atoms with Gasteiger partial charge in [-0.1, -0.05) is 12.8 Å². The minimum Gasteiger partial charge on any atom is -0.479 e. The number of aliphatic carboxylic acids is 1. The molecule has 0 saturated heterocycles. The van der Waals surface area contributed by atoms with E-state index in [9.17, 15) is 44.4 Å². The molecule has 0 aliphatic heterocycles. The minimum absolute atomic E-state index is 0.0999. The highest BCUT2D eigenvalue weighted by molar-refractivity contribution is 5.89. The first kappa shape index (κ1) is 39.1. The topological polar surface area (TPSA) is 255 Å². The number of carbonyl (C=O) groups excluding carboxylic acids is 4. The van der Waals surface area contributed by atoms with Crippen LogP contribution in [0.25, 0.3) is 0 Å². The number of carbonyl (C=O) groups is 5. The highest BCUT2D eigenvalue weighted by atomic mass is 16.6. The molecule has 0 radical (unpaired) electrons. The molecule has 0 aliphatic rings. The van der Waals surface area contributed by atoms with Crippen molar-refractivity contribution in [3.05, 3.63) is 0 Å². The number of unbranched alkanes of at least 4 members (excludes halogenated alkanes) is 3. The molecule has 15 nitrogen and oxygen atoms in total. The van der Waals surface area contributed by atoms with Crippen molar-refractivity contribution in [3.8, 4) is 0 Å². The smallest absolute Gasteiger partial charge is 0.408 e. The van der Waals surface area contributed by atoms with Crippen LogP contribution in [-0.2, 0) is 28.7 Å². The summed E-state index contributed by atoms with van der Waals surface area (Å²) in [4.78, 5) is 61.1. The second-order valence-corrected chi connectivity index (χ2v) is 11.3. The maximum absolute atomic E-state index is 13.2. The van der Waals surface area contributed by atoms with Crippen LogP contribution < -0.4 is 16.4 Å². The van der Waals surface area contributed by atoms with Gasteiger partial charge in [0, 0.05) is 6.42 Å². The quantitative estimate of drug-likeness (QED) is 0.0642. The van der Waals surface area contributed by atoms with Crippen LogP contribution in [0.15, 0.2) is 0 Å². The van der Waals surface area contributed by atoms with Gasteiger partial charge < -0.3 is 51.4 Å². The van der Waals surface area contributed by atoms with Gasteiger partial charge in [0.15, 0.2) is 11.9 Å². The average Bonchev–Trinajstić information content (AvgIpc) is 2.88. The van der Waals surface area contributed by atoms with Gasteiger partial charge in [0.05, 0.1) is 6.10 Å². The third-order valence-electron chi connectivity index (χ3n) is 5.90. The summed E-state index contributed by atoms with van der Waals surface area (Å²) < 4.78 is 10.5. The molecule has 15 heteroatoms. The first-order valence-electron chi connectivity index (χ1n) is 14.1. The number of esters is 1. The number of amides is 2. The zero-order valence-corrected chi connectivity index (χ0v) is 25.1. The van der Waals surface area contributed by atoms with Crippen LogP contribution in [0.2, 0.25) is 0 Å². The van der Waals surface area contributed by atoms with Gasteiger partial charge in [0.25, 0.3) is 0 Å². The van der Waals surface area contributed by atoms with Gasteiger partial charge in [0.1, 0.15) is 36.0 Å². The number of ether oxygens (including phenoxy) is 2. The summed E-state index contributed by atoms with van der Waals surface area (Å²) in [6.45, 7) is 8.72. The van der Waals surface area contributed by atoms with E-state index in [2.05, 4.69) is 10.6 Å². The first-order valence-corrected chi connectivity index (χ1v) is 14.1. The minimum atomic E-state index is -2.39. The van der Waals surface area contributed by atoms with E-state index in [1.54, 1.807) is 34.6 Å². The Morgan fingerprint density at radius 2 is 1.33 bits per heavy atom. The van der Waals surface area contributed by atoms with Gasteiger partial charge in [-0.05, 0) is 73.3 Å². The number of ketones is 1. The Labute approximate surface area is 246 Å². The molecule has 0 aromatic rings. The number of hydrogen-bond acceptors (Lipinski definition) is 12. The molecule has 0 bridgehead atoms. The number of Topliss-reactive ketones (excluding diaryl/α,β-unsaturated/α-hetero) is 1. The number of carboxylic acid groups (broad SMARTS) is 1. The van der Waals surface area contributed by atoms with E-state index in [4.69, 9.17) is 20.3 Å². The molecule has 0 aliphatic carbocycles. The number of nitrogens with two attached hydrogens (primary N) is 1. The first-order chi connectivity index (χ1) is 19.4. The van der Waals surface area contributed by atoms with Crippen LogP contribution in [-0.4, -0.2) is 110 Å². The van der Waals surface area contributed by atoms with Crippen molar-refractivity contribution in [2.45, 2.75) is 134 Å².